The summed E-state index contributed by atoms with van der Waals surface area (Å²) in [5.41, 5.74) is 1.31. The van der Waals surface area contributed by atoms with Crippen molar-refractivity contribution in [3.05, 3.63) is 59.7 Å². The monoisotopic (exact) mass is 361 g/mol. The third-order valence-corrected chi connectivity index (χ3v) is 7.02. The van der Waals surface area contributed by atoms with Gasteiger partial charge in [-0.25, -0.2) is 8.42 Å². The maximum atomic E-state index is 12.7. The first-order chi connectivity index (χ1) is 11.5. The number of carbonyl (C=O) groups is 1. The van der Waals surface area contributed by atoms with E-state index in [4.69, 9.17) is 0 Å². The van der Waals surface area contributed by atoms with Gasteiger partial charge in [0.05, 0.1) is 22.3 Å². The molecule has 0 saturated carbocycles. The first-order valence-electron chi connectivity index (χ1n) is 7.87. The van der Waals surface area contributed by atoms with Crippen LogP contribution in [-0.2, 0) is 9.84 Å². The Labute approximate surface area is 146 Å². The lowest BCUT2D eigenvalue weighted by molar-refractivity contribution is 0.0931. The molecule has 6 heteroatoms. The molecule has 1 aliphatic heterocycles. The van der Waals surface area contributed by atoms with E-state index in [-0.39, 0.29) is 28.2 Å². The Kier molecular flexibility index (Phi) is 4.96. The molecule has 1 amide bonds. The Bertz CT molecular complexity index is 862. The van der Waals surface area contributed by atoms with Gasteiger partial charge in [-0.2, -0.15) is 0 Å². The Morgan fingerprint density at radius 3 is 2.67 bits per heavy atom. The quantitative estimate of drug-likeness (QED) is 0.906. The van der Waals surface area contributed by atoms with Crippen LogP contribution in [0.1, 0.15) is 35.3 Å². The van der Waals surface area contributed by atoms with Crippen molar-refractivity contribution in [2.75, 3.05) is 11.5 Å². The highest BCUT2D eigenvalue weighted by Gasteiger charge is 2.25. The summed E-state index contributed by atoms with van der Waals surface area (Å²) >= 11 is 1.78. The molecule has 4 nitrogen and oxygen atoms in total. The van der Waals surface area contributed by atoms with E-state index in [9.17, 15) is 13.2 Å². The van der Waals surface area contributed by atoms with Gasteiger partial charge in [0.2, 0.25) is 0 Å². The molecule has 1 aliphatic rings. The van der Waals surface area contributed by atoms with Gasteiger partial charge < -0.3 is 5.32 Å². The number of rotatable bonds is 4. The Morgan fingerprint density at radius 2 is 1.88 bits per heavy atom. The molecule has 1 heterocycles. The zero-order valence-electron chi connectivity index (χ0n) is 13.4. The van der Waals surface area contributed by atoms with Crippen LogP contribution in [0.25, 0.3) is 0 Å². The van der Waals surface area contributed by atoms with Gasteiger partial charge >= 0.3 is 0 Å². The van der Waals surface area contributed by atoms with Crippen molar-refractivity contribution in [2.24, 2.45) is 0 Å². The lowest BCUT2D eigenvalue weighted by Crippen LogP contribution is -2.31. The minimum absolute atomic E-state index is 0.0276. The molecular weight excluding hydrogens is 342 g/mol. The summed E-state index contributed by atoms with van der Waals surface area (Å²) < 4.78 is 24.5. The summed E-state index contributed by atoms with van der Waals surface area (Å²) in [6.07, 6.45) is 0.829. The minimum atomic E-state index is -3.44. The van der Waals surface area contributed by atoms with Crippen LogP contribution in [0.2, 0.25) is 0 Å². The Morgan fingerprint density at radius 1 is 1.17 bits per heavy atom. The van der Waals surface area contributed by atoms with Crippen LogP contribution in [0, 0.1) is 0 Å². The summed E-state index contributed by atoms with van der Waals surface area (Å²) in [6.45, 7) is 1.58. The number of sulfone groups is 1. The van der Waals surface area contributed by atoms with Crippen molar-refractivity contribution in [3.63, 3.8) is 0 Å². The van der Waals surface area contributed by atoms with E-state index in [1.807, 2.05) is 24.3 Å². The fraction of sp³-hybridized carbons (Fsp3) is 0.278. The first-order valence-corrected chi connectivity index (χ1v) is 10.5. The van der Waals surface area contributed by atoms with Crippen molar-refractivity contribution < 1.29 is 13.2 Å². The zero-order valence-corrected chi connectivity index (χ0v) is 15.0. The maximum Gasteiger partial charge on any atom is 0.253 e. The second-order valence-electron chi connectivity index (χ2n) is 5.60. The molecule has 1 atom stereocenters. The van der Waals surface area contributed by atoms with Gasteiger partial charge in [-0.05, 0) is 30.2 Å². The van der Waals surface area contributed by atoms with E-state index in [2.05, 4.69) is 5.32 Å². The summed E-state index contributed by atoms with van der Waals surface area (Å²) in [5.74, 6) is 0.561. The van der Waals surface area contributed by atoms with Crippen molar-refractivity contribution in [1.82, 2.24) is 5.32 Å². The number of hydrogen-bond acceptors (Lipinski definition) is 4. The molecule has 0 aromatic heterocycles. The lowest BCUT2D eigenvalue weighted by atomic mass is 10.0. The molecular formula is C18H19NO3S2. The molecule has 0 spiro atoms. The highest BCUT2D eigenvalue weighted by atomic mass is 32.2. The van der Waals surface area contributed by atoms with Crippen LogP contribution in [0.5, 0.6) is 0 Å². The fourth-order valence-electron chi connectivity index (χ4n) is 2.81. The number of fused-ring (bicyclic) bond motifs is 1. The van der Waals surface area contributed by atoms with E-state index < -0.39 is 9.84 Å². The summed E-state index contributed by atoms with van der Waals surface area (Å²) in [6, 6.07) is 14.3. The van der Waals surface area contributed by atoms with Crippen molar-refractivity contribution >= 4 is 27.5 Å². The van der Waals surface area contributed by atoms with Gasteiger partial charge in [-0.1, -0.05) is 37.3 Å². The molecule has 0 unspecified atom stereocenters. The normalized spacial score (nSPS) is 17.1. The summed E-state index contributed by atoms with van der Waals surface area (Å²) in [4.78, 5) is 14.0. The SMILES string of the molecule is CCS(=O)(=O)c1ccccc1C(=O)N[C@@H]1CCSc2ccccc21. The molecule has 126 valence electrons. The highest BCUT2D eigenvalue weighted by molar-refractivity contribution is 7.99. The van der Waals surface area contributed by atoms with Crippen LogP contribution in [0.4, 0.5) is 0 Å². The summed E-state index contributed by atoms with van der Waals surface area (Å²) in [5, 5.41) is 3.01. The van der Waals surface area contributed by atoms with Crippen LogP contribution < -0.4 is 5.32 Å². The van der Waals surface area contributed by atoms with E-state index >= 15 is 0 Å². The molecule has 24 heavy (non-hydrogen) atoms. The van der Waals surface area contributed by atoms with Gasteiger partial charge in [-0.15, -0.1) is 11.8 Å². The first kappa shape index (κ1) is 17.0. The van der Waals surface area contributed by atoms with Crippen LogP contribution in [0.3, 0.4) is 0 Å². The Hall–Kier alpha value is -1.79. The van der Waals surface area contributed by atoms with Crippen LogP contribution in [0.15, 0.2) is 58.3 Å². The molecule has 0 saturated heterocycles. The number of thioether (sulfide) groups is 1. The molecule has 1 N–H and O–H groups in total. The van der Waals surface area contributed by atoms with Gasteiger partial charge in [0, 0.05) is 10.6 Å². The predicted molar refractivity (Wildman–Crippen MR) is 96.2 cm³/mol. The number of benzene rings is 2. The molecule has 0 radical (unpaired) electrons. The van der Waals surface area contributed by atoms with E-state index in [1.54, 1.807) is 36.9 Å². The standard InChI is InChI=1S/C18H19NO3S2/c1-2-24(21,22)17-10-6-4-8-14(17)18(20)19-15-11-12-23-16-9-5-3-7-13(15)16/h3-10,15H,2,11-12H2,1H3,(H,19,20)/t15-/m1/s1. The van der Waals surface area contributed by atoms with Crippen LogP contribution >= 0.6 is 11.8 Å². The fourth-order valence-corrected chi connectivity index (χ4v) is 5.03. The number of hydrogen-bond donors (Lipinski definition) is 1. The minimum Gasteiger partial charge on any atom is -0.345 e. The zero-order chi connectivity index (χ0) is 17.2. The van der Waals surface area contributed by atoms with E-state index in [0.29, 0.717) is 0 Å². The van der Waals surface area contributed by atoms with Crippen LogP contribution in [-0.4, -0.2) is 25.8 Å². The number of amides is 1. The van der Waals surface area contributed by atoms with Gasteiger partial charge in [0.25, 0.3) is 5.91 Å². The predicted octanol–water partition coefficient (Wildman–Crippen LogP) is 3.45. The van der Waals surface area contributed by atoms with Gasteiger partial charge in [0.15, 0.2) is 9.84 Å². The largest absolute Gasteiger partial charge is 0.345 e. The molecule has 2 aromatic carbocycles. The second kappa shape index (κ2) is 6.99. The third-order valence-electron chi connectivity index (χ3n) is 4.11. The summed E-state index contributed by atoms with van der Waals surface area (Å²) in [7, 11) is -3.44. The maximum absolute atomic E-state index is 12.7. The molecule has 2 aromatic rings. The number of nitrogens with one attached hydrogen (secondary N) is 1. The van der Waals surface area contributed by atoms with Crippen molar-refractivity contribution in [3.8, 4) is 0 Å². The smallest absolute Gasteiger partial charge is 0.253 e. The third kappa shape index (κ3) is 3.35. The van der Waals surface area contributed by atoms with E-state index in [1.165, 1.54) is 11.0 Å². The second-order valence-corrected chi connectivity index (χ2v) is 8.98. The average Bonchev–Trinajstić information content (AvgIpc) is 2.62. The van der Waals surface area contributed by atoms with Gasteiger partial charge in [-0.3, -0.25) is 4.79 Å². The number of carbonyl (C=O) groups excluding carboxylic acids is 1. The van der Waals surface area contributed by atoms with E-state index in [0.717, 1.165) is 17.7 Å². The van der Waals surface area contributed by atoms with Crippen molar-refractivity contribution in [1.29, 1.82) is 0 Å². The molecule has 0 fully saturated rings. The average molecular weight is 361 g/mol. The van der Waals surface area contributed by atoms with Crippen molar-refractivity contribution in [2.45, 2.75) is 29.2 Å². The molecule has 0 aliphatic carbocycles. The molecule has 3 rings (SSSR count). The topological polar surface area (TPSA) is 63.2 Å². The van der Waals surface area contributed by atoms with Gasteiger partial charge in [0.1, 0.15) is 0 Å². The highest BCUT2D eigenvalue weighted by Crippen LogP contribution is 2.36. The lowest BCUT2D eigenvalue weighted by Gasteiger charge is -2.26. The molecule has 0 bridgehead atoms. The Balaban J connectivity index is 1.90.